The highest BCUT2D eigenvalue weighted by atomic mass is 35.5. The number of aliphatic hydroxyl groups is 1. The number of hydrogen-bond acceptors (Lipinski definition) is 7. The number of methoxy groups -OCH3 is 1. The second kappa shape index (κ2) is 8.72. The Hall–Kier alpha value is -3.21. The van der Waals surface area contributed by atoms with Crippen LogP contribution in [-0.4, -0.2) is 61.1 Å². The Bertz CT molecular complexity index is 1470. The molecule has 1 aliphatic heterocycles. The number of benzene rings is 1. The van der Waals surface area contributed by atoms with Crippen molar-refractivity contribution in [2.75, 3.05) is 20.2 Å². The van der Waals surface area contributed by atoms with E-state index < -0.39 is 11.5 Å². The molecule has 36 heavy (non-hydrogen) atoms. The van der Waals surface area contributed by atoms with Crippen LogP contribution < -0.4 is 4.74 Å². The highest BCUT2D eigenvalue weighted by Crippen LogP contribution is 2.41. The molecule has 0 amide bonds. The van der Waals surface area contributed by atoms with Gasteiger partial charge in [-0.05, 0) is 37.6 Å². The van der Waals surface area contributed by atoms with Crippen molar-refractivity contribution in [2.24, 2.45) is 7.05 Å². The van der Waals surface area contributed by atoms with Gasteiger partial charge >= 0.3 is 0 Å². The smallest absolute Gasteiger partial charge is 0.272 e. The molecule has 1 aliphatic rings. The molecule has 0 bridgehead atoms. The maximum Gasteiger partial charge on any atom is 0.272 e. The lowest BCUT2D eigenvalue weighted by Gasteiger charge is -2.39. The summed E-state index contributed by atoms with van der Waals surface area (Å²) in [6.07, 6.45) is 1.51. The van der Waals surface area contributed by atoms with Gasteiger partial charge in [-0.15, -0.1) is 5.10 Å². The molecule has 1 N–H and O–H groups in total. The van der Waals surface area contributed by atoms with Gasteiger partial charge in [0.1, 0.15) is 0 Å². The van der Waals surface area contributed by atoms with Crippen molar-refractivity contribution in [3.05, 3.63) is 75.3 Å². The second-order valence-electron chi connectivity index (χ2n) is 9.19. The maximum atomic E-state index is 13.4. The Balaban J connectivity index is 1.69. The van der Waals surface area contributed by atoms with Crippen LogP contribution in [0.4, 0.5) is 8.78 Å². The minimum atomic E-state index is -2.70. The molecule has 4 heterocycles. The van der Waals surface area contributed by atoms with E-state index in [0.29, 0.717) is 44.0 Å². The topological polar surface area (TPSA) is 89.2 Å². The van der Waals surface area contributed by atoms with Crippen LogP contribution in [0.25, 0.3) is 10.9 Å². The summed E-state index contributed by atoms with van der Waals surface area (Å²) in [4.78, 5) is 10.7. The summed E-state index contributed by atoms with van der Waals surface area (Å²) < 4.78 is 33.8. The molecule has 0 aliphatic carbocycles. The van der Waals surface area contributed by atoms with Crippen LogP contribution in [0.1, 0.15) is 33.8 Å². The van der Waals surface area contributed by atoms with Crippen molar-refractivity contribution >= 4 is 22.5 Å². The first-order valence-corrected chi connectivity index (χ1v) is 11.7. The van der Waals surface area contributed by atoms with E-state index in [4.69, 9.17) is 16.3 Å². The number of alkyl halides is 2. The Morgan fingerprint density at radius 1 is 1.17 bits per heavy atom. The van der Waals surface area contributed by atoms with E-state index in [2.05, 4.69) is 20.3 Å². The largest absolute Gasteiger partial charge is 0.481 e. The first-order valence-electron chi connectivity index (χ1n) is 11.3. The SMILES string of the molecule is COc1nc2ccc(C(O)(c3ccc(C)nc3C)c3cnnn3C)cc2c(Cl)c1CN1CC(F)(F)C1. The van der Waals surface area contributed by atoms with Crippen molar-refractivity contribution < 1.29 is 18.6 Å². The van der Waals surface area contributed by atoms with Gasteiger partial charge in [0.15, 0.2) is 5.60 Å². The molecule has 0 radical (unpaired) electrons. The molecule has 11 heteroatoms. The number of fused-ring (bicyclic) bond motifs is 1. The first-order chi connectivity index (χ1) is 17.0. The van der Waals surface area contributed by atoms with Gasteiger partial charge in [-0.1, -0.05) is 28.9 Å². The number of ether oxygens (including phenoxy) is 1. The summed E-state index contributed by atoms with van der Waals surface area (Å²) in [7, 11) is 3.17. The van der Waals surface area contributed by atoms with Gasteiger partial charge in [-0.3, -0.25) is 9.88 Å². The fraction of sp³-hybridized carbons (Fsp3) is 0.360. The summed E-state index contributed by atoms with van der Waals surface area (Å²) in [5, 5.41) is 21.2. The number of pyridine rings is 2. The van der Waals surface area contributed by atoms with E-state index >= 15 is 0 Å². The maximum absolute atomic E-state index is 13.4. The van der Waals surface area contributed by atoms with Crippen LogP contribution in [0.5, 0.6) is 5.88 Å². The zero-order valence-corrected chi connectivity index (χ0v) is 21.0. The lowest BCUT2D eigenvalue weighted by molar-refractivity contribution is -0.134. The van der Waals surface area contributed by atoms with Gasteiger partial charge in [-0.2, -0.15) is 0 Å². The van der Waals surface area contributed by atoms with Crippen LogP contribution in [0.2, 0.25) is 5.02 Å². The van der Waals surface area contributed by atoms with E-state index in [9.17, 15) is 13.9 Å². The molecular formula is C25H25ClF2N6O2. The third kappa shape index (κ3) is 3.99. The van der Waals surface area contributed by atoms with Gasteiger partial charge in [0.2, 0.25) is 5.88 Å². The molecule has 8 nitrogen and oxygen atoms in total. The average Bonchev–Trinajstić information content (AvgIpc) is 3.25. The van der Waals surface area contributed by atoms with Crippen LogP contribution in [0.3, 0.4) is 0 Å². The Morgan fingerprint density at radius 3 is 2.53 bits per heavy atom. The monoisotopic (exact) mass is 514 g/mol. The lowest BCUT2D eigenvalue weighted by Crippen LogP contribution is -2.55. The Labute approximate surface area is 211 Å². The molecule has 1 atom stereocenters. The molecule has 188 valence electrons. The number of aryl methyl sites for hydroxylation is 3. The number of halogens is 3. The minimum Gasteiger partial charge on any atom is -0.481 e. The molecule has 5 rings (SSSR count). The van der Waals surface area contributed by atoms with Crippen molar-refractivity contribution in [1.29, 1.82) is 0 Å². The quantitative estimate of drug-likeness (QED) is 0.419. The van der Waals surface area contributed by atoms with Crippen LogP contribution >= 0.6 is 11.6 Å². The Kier molecular flexibility index (Phi) is 5.93. The van der Waals surface area contributed by atoms with Gasteiger partial charge < -0.3 is 9.84 Å². The zero-order valence-electron chi connectivity index (χ0n) is 20.3. The predicted molar refractivity (Wildman–Crippen MR) is 130 cm³/mol. The van der Waals surface area contributed by atoms with Crippen molar-refractivity contribution in [1.82, 2.24) is 29.9 Å². The number of hydrogen-bond donors (Lipinski definition) is 1. The lowest BCUT2D eigenvalue weighted by atomic mass is 9.82. The average molecular weight is 515 g/mol. The fourth-order valence-electron chi connectivity index (χ4n) is 4.84. The van der Waals surface area contributed by atoms with E-state index in [0.717, 1.165) is 5.69 Å². The molecule has 1 unspecified atom stereocenters. The molecule has 0 spiro atoms. The van der Waals surface area contributed by atoms with Crippen molar-refractivity contribution in [3.63, 3.8) is 0 Å². The summed E-state index contributed by atoms with van der Waals surface area (Å²) in [6.45, 7) is 3.18. The highest BCUT2D eigenvalue weighted by Gasteiger charge is 2.44. The van der Waals surface area contributed by atoms with Gasteiger partial charge in [0.05, 0.1) is 42.6 Å². The van der Waals surface area contributed by atoms with Crippen LogP contribution in [0, 0.1) is 13.8 Å². The summed E-state index contributed by atoms with van der Waals surface area (Å²) >= 11 is 6.84. The van der Waals surface area contributed by atoms with E-state index in [1.807, 2.05) is 26.0 Å². The number of nitrogens with zero attached hydrogens (tertiary/aromatic N) is 6. The predicted octanol–water partition coefficient (Wildman–Crippen LogP) is 3.77. The molecule has 1 aromatic carbocycles. The molecule has 1 saturated heterocycles. The van der Waals surface area contributed by atoms with E-state index in [1.165, 1.54) is 18.0 Å². The van der Waals surface area contributed by atoms with Crippen LogP contribution in [0.15, 0.2) is 36.5 Å². The Morgan fingerprint density at radius 2 is 1.92 bits per heavy atom. The van der Waals surface area contributed by atoms with Gasteiger partial charge in [-0.25, -0.2) is 18.4 Å². The van der Waals surface area contributed by atoms with Gasteiger partial charge in [0.25, 0.3) is 5.92 Å². The zero-order chi connectivity index (χ0) is 25.8. The minimum absolute atomic E-state index is 0.168. The highest BCUT2D eigenvalue weighted by molar-refractivity contribution is 6.36. The second-order valence-corrected chi connectivity index (χ2v) is 9.56. The molecule has 3 aromatic heterocycles. The summed E-state index contributed by atoms with van der Waals surface area (Å²) in [5.41, 5.74) is 2.39. The number of rotatable bonds is 6. The summed E-state index contributed by atoms with van der Waals surface area (Å²) in [5.74, 6) is -2.43. The molecular weight excluding hydrogens is 490 g/mol. The summed E-state index contributed by atoms with van der Waals surface area (Å²) in [6, 6.07) is 8.92. The van der Waals surface area contributed by atoms with Crippen molar-refractivity contribution in [3.8, 4) is 5.88 Å². The first kappa shape index (κ1) is 24.5. The number of likely N-dealkylation sites (tertiary alicyclic amines) is 1. The van der Waals surface area contributed by atoms with Gasteiger partial charge in [0, 0.05) is 41.5 Å². The molecule has 4 aromatic rings. The molecule has 0 saturated carbocycles. The molecule has 1 fully saturated rings. The standard InChI is InChI=1S/C25H25ClF2N6O2/c1-14-5-7-19(15(2)30-14)25(35,21-10-29-32-33(21)3)16-6-8-20-17(9-16)22(26)18(23(31-20)36-4)11-34-12-24(27,28)13-34/h5-10,35H,11-13H2,1-4H3. The third-order valence-corrected chi connectivity index (χ3v) is 7.01. The van der Waals surface area contributed by atoms with E-state index in [1.54, 1.807) is 30.1 Å². The van der Waals surface area contributed by atoms with Crippen LogP contribution in [-0.2, 0) is 19.2 Å². The fourth-order valence-corrected chi connectivity index (χ4v) is 5.14. The normalized spacial score (nSPS) is 17.1. The van der Waals surface area contributed by atoms with E-state index in [-0.39, 0.29) is 25.5 Å². The number of aromatic nitrogens is 5. The third-order valence-electron chi connectivity index (χ3n) is 6.58. The van der Waals surface area contributed by atoms with Crippen molar-refractivity contribution in [2.45, 2.75) is 31.9 Å².